The van der Waals surface area contributed by atoms with E-state index in [1.165, 1.54) is 0 Å². The predicted octanol–water partition coefficient (Wildman–Crippen LogP) is 1.49. The molecule has 0 radical (unpaired) electrons. The molecule has 0 aliphatic heterocycles. The van der Waals surface area contributed by atoms with Crippen LogP contribution in [-0.2, 0) is 6.42 Å². The molecule has 0 saturated heterocycles. The number of rotatable bonds is 3. The zero-order chi connectivity index (χ0) is 13.3. The van der Waals surface area contributed by atoms with E-state index in [1.807, 2.05) is 20.8 Å². The first-order valence-electron chi connectivity index (χ1n) is 5.95. The Bertz CT molecular complexity index is 634. The molecule has 2 aromatic rings. The molecule has 18 heavy (non-hydrogen) atoms. The number of aryl methyl sites for hydroxylation is 2. The van der Waals surface area contributed by atoms with Crippen molar-refractivity contribution >= 4 is 17.3 Å². The zero-order valence-electron chi connectivity index (χ0n) is 10.8. The Labute approximate surface area is 105 Å². The maximum Gasteiger partial charge on any atom is 0.163 e. The highest BCUT2D eigenvalue weighted by atomic mass is 15.3. The van der Waals surface area contributed by atoms with Gasteiger partial charge in [0.2, 0.25) is 0 Å². The van der Waals surface area contributed by atoms with Gasteiger partial charge in [0.25, 0.3) is 0 Å². The molecular formula is C12H16N6. The monoisotopic (exact) mass is 244 g/mol. The van der Waals surface area contributed by atoms with Gasteiger partial charge in [-0.2, -0.15) is 14.9 Å². The first-order valence-corrected chi connectivity index (χ1v) is 5.95. The van der Waals surface area contributed by atoms with Crippen molar-refractivity contribution in [1.82, 2.24) is 14.6 Å². The SMILES string of the molecule is CCNc1nc2c(CC)c(C)nn2c(N)c1C#N. The molecule has 0 spiro atoms. The second kappa shape index (κ2) is 4.53. The average molecular weight is 244 g/mol. The number of hydrogen-bond acceptors (Lipinski definition) is 5. The fourth-order valence-corrected chi connectivity index (χ4v) is 2.04. The van der Waals surface area contributed by atoms with Crippen LogP contribution in [0.4, 0.5) is 11.6 Å². The van der Waals surface area contributed by atoms with Crippen molar-refractivity contribution in [2.24, 2.45) is 0 Å². The van der Waals surface area contributed by atoms with E-state index in [4.69, 9.17) is 11.0 Å². The molecule has 0 saturated carbocycles. The second-order valence-corrected chi connectivity index (χ2v) is 4.02. The van der Waals surface area contributed by atoms with Crippen molar-refractivity contribution in [3.05, 3.63) is 16.8 Å². The number of nitrogens with zero attached hydrogens (tertiary/aromatic N) is 4. The van der Waals surface area contributed by atoms with E-state index in [9.17, 15) is 0 Å². The molecule has 6 nitrogen and oxygen atoms in total. The Balaban J connectivity index is 2.83. The van der Waals surface area contributed by atoms with Gasteiger partial charge >= 0.3 is 0 Å². The van der Waals surface area contributed by atoms with E-state index in [1.54, 1.807) is 4.52 Å². The van der Waals surface area contributed by atoms with Gasteiger partial charge in [0, 0.05) is 12.1 Å². The number of nitrogens with two attached hydrogens (primary N) is 1. The van der Waals surface area contributed by atoms with E-state index in [-0.39, 0.29) is 0 Å². The third-order valence-corrected chi connectivity index (χ3v) is 2.91. The number of nitriles is 1. The minimum absolute atomic E-state index is 0.334. The summed E-state index contributed by atoms with van der Waals surface area (Å²) in [7, 11) is 0. The summed E-state index contributed by atoms with van der Waals surface area (Å²) in [5, 5.41) is 16.6. The minimum atomic E-state index is 0.334. The van der Waals surface area contributed by atoms with E-state index in [0.29, 0.717) is 23.7 Å². The van der Waals surface area contributed by atoms with Crippen LogP contribution >= 0.6 is 0 Å². The summed E-state index contributed by atoms with van der Waals surface area (Å²) in [6.45, 7) is 6.61. The highest BCUT2D eigenvalue weighted by molar-refractivity contribution is 5.69. The van der Waals surface area contributed by atoms with Crippen LogP contribution in [0.15, 0.2) is 0 Å². The molecule has 0 fully saturated rings. The lowest BCUT2D eigenvalue weighted by molar-refractivity contribution is 0.924. The van der Waals surface area contributed by atoms with Gasteiger partial charge in [0.05, 0.1) is 5.69 Å². The summed E-state index contributed by atoms with van der Waals surface area (Å²) in [5.74, 6) is 0.862. The second-order valence-electron chi connectivity index (χ2n) is 4.02. The van der Waals surface area contributed by atoms with Gasteiger partial charge < -0.3 is 11.1 Å². The fourth-order valence-electron chi connectivity index (χ4n) is 2.04. The van der Waals surface area contributed by atoms with Gasteiger partial charge in [0.1, 0.15) is 23.3 Å². The maximum absolute atomic E-state index is 9.17. The molecule has 0 amide bonds. The van der Waals surface area contributed by atoms with Crippen molar-refractivity contribution in [2.75, 3.05) is 17.6 Å². The molecule has 0 aromatic carbocycles. The van der Waals surface area contributed by atoms with Crippen LogP contribution in [0, 0.1) is 18.3 Å². The van der Waals surface area contributed by atoms with Crippen LogP contribution in [0.1, 0.15) is 30.7 Å². The lowest BCUT2D eigenvalue weighted by Gasteiger charge is -2.08. The van der Waals surface area contributed by atoms with Gasteiger partial charge in [-0.05, 0) is 20.3 Å². The van der Waals surface area contributed by atoms with Crippen LogP contribution in [0.2, 0.25) is 0 Å². The first-order chi connectivity index (χ1) is 8.63. The Morgan fingerprint density at radius 1 is 1.44 bits per heavy atom. The molecule has 0 unspecified atom stereocenters. The van der Waals surface area contributed by atoms with E-state index in [0.717, 1.165) is 23.3 Å². The molecule has 0 atom stereocenters. The molecule has 6 heteroatoms. The number of nitrogen functional groups attached to an aromatic ring is 1. The Morgan fingerprint density at radius 2 is 2.17 bits per heavy atom. The summed E-state index contributed by atoms with van der Waals surface area (Å²) in [5.41, 5.74) is 9.02. The number of nitrogens with one attached hydrogen (secondary N) is 1. The Hall–Kier alpha value is -2.29. The largest absolute Gasteiger partial charge is 0.382 e. The average Bonchev–Trinajstić information content (AvgIpc) is 2.66. The third kappa shape index (κ3) is 1.64. The van der Waals surface area contributed by atoms with Crippen molar-refractivity contribution in [3.63, 3.8) is 0 Å². The quantitative estimate of drug-likeness (QED) is 0.853. The predicted molar refractivity (Wildman–Crippen MR) is 70.4 cm³/mol. The third-order valence-electron chi connectivity index (χ3n) is 2.91. The first kappa shape index (κ1) is 12.2. The van der Waals surface area contributed by atoms with E-state index >= 15 is 0 Å². The number of hydrogen-bond donors (Lipinski definition) is 2. The molecule has 0 bridgehead atoms. The van der Waals surface area contributed by atoms with Gasteiger partial charge in [-0.25, -0.2) is 4.98 Å². The summed E-state index contributed by atoms with van der Waals surface area (Å²) in [6.07, 6.45) is 0.833. The summed E-state index contributed by atoms with van der Waals surface area (Å²) < 4.78 is 1.55. The van der Waals surface area contributed by atoms with Gasteiger partial charge in [-0.1, -0.05) is 6.92 Å². The lowest BCUT2D eigenvalue weighted by atomic mass is 10.2. The number of aromatic nitrogens is 3. The standard InChI is InChI=1S/C12H16N6/c1-4-8-7(3)17-18-10(14)9(6-13)11(15-5-2)16-12(8)18/h4-5,14H2,1-3H3,(H,15,16). The van der Waals surface area contributed by atoms with E-state index in [2.05, 4.69) is 21.5 Å². The summed E-state index contributed by atoms with van der Waals surface area (Å²) in [6, 6.07) is 2.08. The normalized spacial score (nSPS) is 10.6. The molecule has 0 aliphatic rings. The van der Waals surface area contributed by atoms with Gasteiger partial charge in [-0.3, -0.25) is 0 Å². The van der Waals surface area contributed by atoms with Crippen molar-refractivity contribution < 1.29 is 0 Å². The van der Waals surface area contributed by atoms with Crippen LogP contribution < -0.4 is 11.1 Å². The van der Waals surface area contributed by atoms with Gasteiger partial charge in [0.15, 0.2) is 5.65 Å². The summed E-state index contributed by atoms with van der Waals surface area (Å²) >= 11 is 0. The van der Waals surface area contributed by atoms with Crippen LogP contribution in [-0.4, -0.2) is 21.1 Å². The highest BCUT2D eigenvalue weighted by Crippen LogP contribution is 2.24. The van der Waals surface area contributed by atoms with Crippen molar-refractivity contribution in [2.45, 2.75) is 27.2 Å². The zero-order valence-corrected chi connectivity index (χ0v) is 10.8. The smallest absolute Gasteiger partial charge is 0.163 e. The van der Waals surface area contributed by atoms with Crippen LogP contribution in [0.3, 0.4) is 0 Å². The van der Waals surface area contributed by atoms with Crippen molar-refractivity contribution in [3.8, 4) is 6.07 Å². The molecule has 2 heterocycles. The van der Waals surface area contributed by atoms with Crippen LogP contribution in [0.25, 0.3) is 5.65 Å². The molecule has 2 rings (SSSR count). The maximum atomic E-state index is 9.17. The summed E-state index contributed by atoms with van der Waals surface area (Å²) in [4.78, 5) is 4.48. The lowest BCUT2D eigenvalue weighted by Crippen LogP contribution is -2.10. The molecule has 94 valence electrons. The topological polar surface area (TPSA) is 92.0 Å². The van der Waals surface area contributed by atoms with Crippen molar-refractivity contribution in [1.29, 1.82) is 5.26 Å². The molecule has 2 aromatic heterocycles. The molecule has 0 aliphatic carbocycles. The van der Waals surface area contributed by atoms with Crippen LogP contribution in [0.5, 0.6) is 0 Å². The Morgan fingerprint density at radius 3 is 2.72 bits per heavy atom. The van der Waals surface area contributed by atoms with Gasteiger partial charge in [-0.15, -0.1) is 0 Å². The Kier molecular flexibility index (Phi) is 3.06. The fraction of sp³-hybridized carbons (Fsp3) is 0.417. The minimum Gasteiger partial charge on any atom is -0.382 e. The number of fused-ring (bicyclic) bond motifs is 1. The van der Waals surface area contributed by atoms with E-state index < -0.39 is 0 Å². The highest BCUT2D eigenvalue weighted by Gasteiger charge is 2.17. The molecular weight excluding hydrogens is 228 g/mol. The number of anilines is 2. The molecule has 3 N–H and O–H groups in total.